The normalized spacial score (nSPS) is 16.6. The average molecular weight is 493 g/mol. The number of methoxy groups -OCH3 is 2. The monoisotopic (exact) mass is 492 g/mol. The van der Waals surface area contributed by atoms with Crippen LogP contribution in [0.5, 0.6) is 0 Å². The summed E-state index contributed by atoms with van der Waals surface area (Å²) in [5.74, 6) is 1.82. The molecule has 0 spiro atoms. The molecule has 0 radical (unpaired) electrons. The number of anilines is 2. The summed E-state index contributed by atoms with van der Waals surface area (Å²) >= 11 is 0. The molecule has 0 bridgehead atoms. The van der Waals surface area contributed by atoms with Crippen LogP contribution in [0.25, 0.3) is 11.2 Å². The minimum absolute atomic E-state index is 0.587. The third kappa shape index (κ3) is 5.23. The van der Waals surface area contributed by atoms with Gasteiger partial charge in [0.15, 0.2) is 11.5 Å². The van der Waals surface area contributed by atoms with Crippen molar-refractivity contribution in [2.45, 2.75) is 32.7 Å². The van der Waals surface area contributed by atoms with E-state index in [1.54, 1.807) is 14.2 Å². The number of hydrazone groups is 1. The molecule has 0 N–H and O–H groups in total. The highest BCUT2D eigenvalue weighted by Gasteiger charge is 2.24. The summed E-state index contributed by atoms with van der Waals surface area (Å²) in [6, 6.07) is 10.7. The average Bonchev–Trinajstić information content (AvgIpc) is 3.27. The number of hydrogen-bond acceptors (Lipinski definition) is 8. The topological polar surface area (TPSA) is 77.2 Å². The van der Waals surface area contributed by atoms with Crippen LogP contribution in [0, 0.1) is 6.92 Å². The molecule has 192 valence electrons. The Morgan fingerprint density at radius 1 is 1.00 bits per heavy atom. The van der Waals surface area contributed by atoms with E-state index in [0.717, 1.165) is 66.7 Å². The maximum atomic E-state index is 5.64. The maximum Gasteiger partial charge on any atom is 0.164 e. The zero-order valence-corrected chi connectivity index (χ0v) is 21.6. The molecule has 0 amide bonds. The fourth-order valence-electron chi connectivity index (χ4n) is 4.92. The highest BCUT2D eigenvalue weighted by atomic mass is 16.5. The summed E-state index contributed by atoms with van der Waals surface area (Å²) in [7, 11) is 3.44. The molecule has 2 aromatic heterocycles. The Labute approximate surface area is 212 Å². The van der Waals surface area contributed by atoms with Crippen molar-refractivity contribution < 1.29 is 14.2 Å². The lowest BCUT2D eigenvalue weighted by atomic mass is 10.0. The van der Waals surface area contributed by atoms with Gasteiger partial charge in [-0.15, -0.1) is 0 Å². The van der Waals surface area contributed by atoms with Crippen LogP contribution in [-0.4, -0.2) is 80.5 Å². The Balaban J connectivity index is 1.61. The van der Waals surface area contributed by atoms with Crippen molar-refractivity contribution in [3.05, 3.63) is 47.3 Å². The molecule has 1 saturated heterocycles. The van der Waals surface area contributed by atoms with Gasteiger partial charge in [-0.2, -0.15) is 5.10 Å². The van der Waals surface area contributed by atoms with Crippen molar-refractivity contribution >= 4 is 28.4 Å². The number of benzene rings is 1. The number of aromatic nitrogens is 3. The first-order chi connectivity index (χ1) is 17.7. The molecular weight excluding hydrogens is 456 g/mol. The van der Waals surface area contributed by atoms with Crippen molar-refractivity contribution in [2.24, 2.45) is 5.10 Å². The first-order valence-electron chi connectivity index (χ1n) is 12.8. The lowest BCUT2D eigenvalue weighted by molar-refractivity contribution is 0.123. The first kappa shape index (κ1) is 24.7. The molecule has 0 aliphatic carbocycles. The number of morpholine rings is 1. The van der Waals surface area contributed by atoms with E-state index in [2.05, 4.69) is 51.7 Å². The van der Waals surface area contributed by atoms with Gasteiger partial charge in [0, 0.05) is 52.9 Å². The second kappa shape index (κ2) is 11.4. The Kier molecular flexibility index (Phi) is 7.79. The van der Waals surface area contributed by atoms with Crippen LogP contribution in [0.3, 0.4) is 0 Å². The van der Waals surface area contributed by atoms with Gasteiger partial charge in [0.2, 0.25) is 0 Å². The Bertz CT molecular complexity index is 1220. The zero-order valence-electron chi connectivity index (χ0n) is 21.6. The molecule has 0 saturated carbocycles. The number of fused-ring (bicyclic) bond motifs is 1. The quantitative estimate of drug-likeness (QED) is 0.453. The van der Waals surface area contributed by atoms with Crippen LogP contribution in [0.2, 0.25) is 0 Å². The molecule has 0 unspecified atom stereocenters. The van der Waals surface area contributed by atoms with Gasteiger partial charge in [0.05, 0.1) is 37.8 Å². The second-order valence-electron chi connectivity index (χ2n) is 9.33. The lowest BCUT2D eigenvalue weighted by Gasteiger charge is -2.30. The van der Waals surface area contributed by atoms with Crippen LogP contribution in [-0.2, 0) is 27.2 Å². The molecular formula is C27H36N6O3. The predicted octanol–water partition coefficient (Wildman–Crippen LogP) is 3.42. The van der Waals surface area contributed by atoms with E-state index in [0.29, 0.717) is 39.4 Å². The number of aryl methyl sites for hydroxylation is 1. The van der Waals surface area contributed by atoms with E-state index >= 15 is 0 Å². The zero-order chi connectivity index (χ0) is 24.9. The second-order valence-corrected chi connectivity index (χ2v) is 9.33. The Hall–Kier alpha value is -3.01. The summed E-state index contributed by atoms with van der Waals surface area (Å²) in [6.45, 7) is 7.90. The van der Waals surface area contributed by atoms with Crippen molar-refractivity contribution in [3.63, 3.8) is 0 Å². The number of imidazole rings is 1. The molecule has 2 aliphatic rings. The van der Waals surface area contributed by atoms with Gasteiger partial charge in [0.1, 0.15) is 11.3 Å². The number of rotatable bonds is 9. The standard InChI is InChI=1S/C27H36N6O3/c1-20-6-4-7-21(18-20)22-8-5-10-33(30-22)25-19-23(31-11-16-36-17-12-31)26-27(29-25)32(13-15-35-3)24(28-26)9-14-34-2/h4,6-7,18-19H,5,8-17H2,1-3H3. The summed E-state index contributed by atoms with van der Waals surface area (Å²) in [4.78, 5) is 12.6. The van der Waals surface area contributed by atoms with E-state index in [4.69, 9.17) is 29.3 Å². The van der Waals surface area contributed by atoms with E-state index in [1.807, 2.05) is 0 Å². The summed E-state index contributed by atoms with van der Waals surface area (Å²) in [5.41, 5.74) is 6.41. The van der Waals surface area contributed by atoms with Gasteiger partial charge in [0.25, 0.3) is 0 Å². The van der Waals surface area contributed by atoms with Gasteiger partial charge >= 0.3 is 0 Å². The van der Waals surface area contributed by atoms with E-state index in [1.165, 1.54) is 11.1 Å². The number of nitrogens with zero attached hydrogens (tertiary/aromatic N) is 6. The van der Waals surface area contributed by atoms with Crippen molar-refractivity contribution in [1.29, 1.82) is 0 Å². The SMILES string of the molecule is COCCc1nc2c(N3CCOCC3)cc(N3CCCC(c4cccc(C)c4)=N3)nc2n1CCOC. The van der Waals surface area contributed by atoms with E-state index < -0.39 is 0 Å². The van der Waals surface area contributed by atoms with E-state index in [9.17, 15) is 0 Å². The molecule has 2 aliphatic heterocycles. The third-order valence-electron chi connectivity index (χ3n) is 6.79. The molecule has 3 aromatic rings. The molecule has 1 aromatic carbocycles. The molecule has 9 nitrogen and oxygen atoms in total. The van der Waals surface area contributed by atoms with Crippen molar-refractivity contribution in [1.82, 2.24) is 14.5 Å². The number of ether oxygens (including phenoxy) is 3. The fraction of sp³-hybridized carbons (Fsp3) is 0.519. The fourth-order valence-corrected chi connectivity index (χ4v) is 4.92. The minimum atomic E-state index is 0.587. The highest BCUT2D eigenvalue weighted by molar-refractivity contribution is 6.01. The van der Waals surface area contributed by atoms with Gasteiger partial charge in [-0.25, -0.2) is 15.0 Å². The Morgan fingerprint density at radius 3 is 2.61 bits per heavy atom. The van der Waals surface area contributed by atoms with Crippen LogP contribution in [0.15, 0.2) is 35.4 Å². The van der Waals surface area contributed by atoms with Crippen LogP contribution in [0.4, 0.5) is 11.5 Å². The lowest BCUT2D eigenvalue weighted by Crippen LogP contribution is -2.36. The first-order valence-corrected chi connectivity index (χ1v) is 12.8. The molecule has 0 atom stereocenters. The van der Waals surface area contributed by atoms with Gasteiger partial charge in [-0.3, -0.25) is 0 Å². The van der Waals surface area contributed by atoms with Crippen LogP contribution < -0.4 is 9.91 Å². The maximum absolute atomic E-state index is 5.64. The Morgan fingerprint density at radius 2 is 1.83 bits per heavy atom. The summed E-state index contributed by atoms with van der Waals surface area (Å²) < 4.78 is 18.6. The summed E-state index contributed by atoms with van der Waals surface area (Å²) in [5, 5.41) is 7.14. The highest BCUT2D eigenvalue weighted by Crippen LogP contribution is 2.32. The van der Waals surface area contributed by atoms with Gasteiger partial charge in [-0.05, 0) is 25.3 Å². The minimum Gasteiger partial charge on any atom is -0.384 e. The van der Waals surface area contributed by atoms with Gasteiger partial charge in [-0.1, -0.05) is 29.8 Å². The number of pyridine rings is 1. The van der Waals surface area contributed by atoms with Crippen molar-refractivity contribution in [3.8, 4) is 0 Å². The molecule has 1 fully saturated rings. The largest absolute Gasteiger partial charge is 0.384 e. The smallest absolute Gasteiger partial charge is 0.164 e. The van der Waals surface area contributed by atoms with Crippen LogP contribution in [0.1, 0.15) is 29.8 Å². The van der Waals surface area contributed by atoms with Crippen molar-refractivity contribution in [2.75, 3.05) is 70.2 Å². The number of hydrogen-bond donors (Lipinski definition) is 0. The van der Waals surface area contributed by atoms with Crippen LogP contribution >= 0.6 is 0 Å². The molecule has 5 rings (SSSR count). The third-order valence-corrected chi connectivity index (χ3v) is 6.79. The molecule has 36 heavy (non-hydrogen) atoms. The molecule has 4 heterocycles. The summed E-state index contributed by atoms with van der Waals surface area (Å²) in [6.07, 6.45) is 2.71. The predicted molar refractivity (Wildman–Crippen MR) is 142 cm³/mol. The van der Waals surface area contributed by atoms with Gasteiger partial charge < -0.3 is 23.7 Å². The molecule has 9 heteroatoms. The van der Waals surface area contributed by atoms with E-state index in [-0.39, 0.29) is 0 Å².